The number of nitrogens with one attached hydrogen (secondary N) is 2. The summed E-state index contributed by atoms with van der Waals surface area (Å²) in [7, 11) is -3.83. The van der Waals surface area contributed by atoms with Crippen LogP contribution in [0, 0.1) is 0 Å². The highest BCUT2D eigenvalue weighted by Crippen LogP contribution is 2.29. The average Bonchev–Trinajstić information content (AvgIpc) is 2.80. The largest absolute Gasteiger partial charge is 0.324 e. The molecule has 6 nitrogen and oxygen atoms in total. The molecule has 0 aliphatic heterocycles. The molecule has 0 saturated carbocycles. The van der Waals surface area contributed by atoms with Gasteiger partial charge in [-0.15, -0.1) is 0 Å². The number of sulfonamides is 1. The van der Waals surface area contributed by atoms with Gasteiger partial charge in [-0.1, -0.05) is 60.1 Å². The predicted molar refractivity (Wildman–Crippen MR) is 130 cm³/mol. The summed E-state index contributed by atoms with van der Waals surface area (Å²) in [5, 5.41) is 6.12. The highest BCUT2D eigenvalue weighted by atomic mass is 35.5. The van der Waals surface area contributed by atoms with E-state index in [0.29, 0.717) is 5.69 Å². The lowest BCUT2D eigenvalue weighted by molar-refractivity contribution is -0.115. The fourth-order valence-electron chi connectivity index (χ4n) is 3.27. The minimum Gasteiger partial charge on any atom is -0.324 e. The van der Waals surface area contributed by atoms with E-state index >= 15 is 0 Å². The van der Waals surface area contributed by atoms with Gasteiger partial charge in [0.05, 0.1) is 27.8 Å². The quantitative estimate of drug-likeness (QED) is 0.468. The maximum Gasteiger partial charge on any atom is 0.264 e. The fourth-order valence-corrected chi connectivity index (χ4v) is 4.94. The number of anilines is 2. The highest BCUT2D eigenvalue weighted by molar-refractivity contribution is 7.92. The monoisotopic (exact) mass is 471 g/mol. The van der Waals surface area contributed by atoms with E-state index in [1.165, 1.54) is 22.5 Å². The number of hydrogen-bond acceptors (Lipinski definition) is 4. The fraction of sp³-hybridized carbons (Fsp3) is 0.208. The molecule has 1 amide bonds. The Morgan fingerprint density at radius 2 is 1.62 bits per heavy atom. The van der Waals surface area contributed by atoms with Crippen LogP contribution in [0.2, 0.25) is 5.02 Å². The Labute approximate surface area is 194 Å². The zero-order chi connectivity index (χ0) is 23.1. The van der Waals surface area contributed by atoms with Crippen LogP contribution in [0.1, 0.15) is 25.5 Å². The van der Waals surface area contributed by atoms with Crippen molar-refractivity contribution in [1.29, 1.82) is 0 Å². The molecule has 8 heteroatoms. The van der Waals surface area contributed by atoms with E-state index in [-0.39, 0.29) is 40.6 Å². The van der Waals surface area contributed by atoms with Crippen molar-refractivity contribution < 1.29 is 13.2 Å². The molecule has 0 saturated heterocycles. The van der Waals surface area contributed by atoms with Crippen LogP contribution in [-0.2, 0) is 14.8 Å². The zero-order valence-electron chi connectivity index (χ0n) is 18.0. The first kappa shape index (κ1) is 23.8. The van der Waals surface area contributed by atoms with Crippen LogP contribution >= 0.6 is 11.6 Å². The first-order valence-corrected chi connectivity index (χ1v) is 12.1. The van der Waals surface area contributed by atoms with Crippen LogP contribution < -0.4 is 14.9 Å². The third kappa shape index (κ3) is 5.68. The van der Waals surface area contributed by atoms with E-state index in [1.807, 2.05) is 43.3 Å². The maximum absolute atomic E-state index is 13.2. The molecule has 0 aromatic heterocycles. The smallest absolute Gasteiger partial charge is 0.264 e. The number of para-hydroxylation sites is 1. The first-order valence-electron chi connectivity index (χ1n) is 10.3. The SMILES string of the molecule is CCN(c1ccccc1)S(=O)(=O)c1ccc(Cl)c(NC(=O)CN[C@@H](C)c2ccccc2)c1. The van der Waals surface area contributed by atoms with Crippen molar-refractivity contribution in [3.05, 3.63) is 89.4 Å². The molecular weight excluding hydrogens is 446 g/mol. The minimum absolute atomic E-state index is 0.0203. The molecule has 0 spiro atoms. The molecule has 32 heavy (non-hydrogen) atoms. The number of rotatable bonds is 9. The van der Waals surface area contributed by atoms with E-state index in [2.05, 4.69) is 10.6 Å². The Morgan fingerprint density at radius 3 is 2.25 bits per heavy atom. The van der Waals surface area contributed by atoms with Gasteiger partial charge in [-0.2, -0.15) is 0 Å². The predicted octanol–water partition coefficient (Wildman–Crippen LogP) is 4.84. The first-order chi connectivity index (χ1) is 15.3. The van der Waals surface area contributed by atoms with Crippen LogP contribution in [0.25, 0.3) is 0 Å². The Hall–Kier alpha value is -2.87. The van der Waals surface area contributed by atoms with Crippen molar-refractivity contribution in [2.45, 2.75) is 24.8 Å². The Bertz CT molecular complexity index is 1160. The van der Waals surface area contributed by atoms with Crippen LogP contribution in [-0.4, -0.2) is 27.4 Å². The third-order valence-corrected chi connectivity index (χ3v) is 7.23. The van der Waals surface area contributed by atoms with Crippen LogP contribution in [0.4, 0.5) is 11.4 Å². The van der Waals surface area contributed by atoms with Crippen molar-refractivity contribution >= 4 is 38.9 Å². The molecular formula is C24H26ClN3O3S. The number of carbonyl (C=O) groups is 1. The second-order valence-electron chi connectivity index (χ2n) is 7.21. The van der Waals surface area contributed by atoms with Crippen LogP contribution in [0.3, 0.4) is 0 Å². The Kier molecular flexibility index (Phi) is 7.90. The maximum atomic E-state index is 13.2. The lowest BCUT2D eigenvalue weighted by Gasteiger charge is -2.23. The topological polar surface area (TPSA) is 78.5 Å². The molecule has 168 valence electrons. The summed E-state index contributed by atoms with van der Waals surface area (Å²) in [6.07, 6.45) is 0. The number of carbonyl (C=O) groups excluding carboxylic acids is 1. The molecule has 3 aromatic rings. The third-order valence-electron chi connectivity index (χ3n) is 5.00. The van der Waals surface area contributed by atoms with E-state index in [9.17, 15) is 13.2 Å². The average molecular weight is 472 g/mol. The number of amides is 1. The number of halogens is 1. The Balaban J connectivity index is 1.74. The summed E-state index contributed by atoms with van der Waals surface area (Å²) in [4.78, 5) is 12.5. The molecule has 2 N–H and O–H groups in total. The Morgan fingerprint density at radius 1 is 1.00 bits per heavy atom. The molecule has 0 unspecified atom stereocenters. The van der Waals surface area contributed by atoms with E-state index in [0.717, 1.165) is 5.56 Å². The molecule has 0 heterocycles. The normalized spacial score (nSPS) is 12.2. The summed E-state index contributed by atoms with van der Waals surface area (Å²) in [6, 6.07) is 22.9. The standard InChI is InChI=1S/C24H26ClN3O3S/c1-3-28(20-12-8-5-9-13-20)32(30,31)21-14-15-22(25)23(16-21)27-24(29)17-26-18(2)19-10-6-4-7-11-19/h4-16,18,26H,3,17H2,1-2H3,(H,27,29)/t18-/m0/s1. The van der Waals surface area contributed by atoms with Gasteiger partial charge in [-0.05, 0) is 49.7 Å². The van der Waals surface area contributed by atoms with E-state index in [1.54, 1.807) is 31.2 Å². The molecule has 3 rings (SSSR count). The molecule has 0 fully saturated rings. The summed E-state index contributed by atoms with van der Waals surface area (Å²) < 4.78 is 27.8. The van der Waals surface area contributed by atoms with Gasteiger partial charge in [0.1, 0.15) is 0 Å². The van der Waals surface area contributed by atoms with Crippen LogP contribution in [0.15, 0.2) is 83.8 Å². The van der Waals surface area contributed by atoms with Gasteiger partial charge in [0.2, 0.25) is 5.91 Å². The van der Waals surface area contributed by atoms with Gasteiger partial charge in [0.25, 0.3) is 10.0 Å². The number of nitrogens with zero attached hydrogens (tertiary/aromatic N) is 1. The van der Waals surface area contributed by atoms with Gasteiger partial charge >= 0.3 is 0 Å². The zero-order valence-corrected chi connectivity index (χ0v) is 19.5. The number of benzene rings is 3. The summed E-state index contributed by atoms with van der Waals surface area (Å²) >= 11 is 6.24. The molecule has 0 radical (unpaired) electrons. The van der Waals surface area contributed by atoms with Crippen molar-refractivity contribution in [1.82, 2.24) is 5.32 Å². The molecule has 0 bridgehead atoms. The van der Waals surface area contributed by atoms with Crippen LogP contribution in [0.5, 0.6) is 0 Å². The van der Waals surface area contributed by atoms with Crippen molar-refractivity contribution in [2.75, 3.05) is 22.7 Å². The second kappa shape index (κ2) is 10.6. The second-order valence-corrected chi connectivity index (χ2v) is 9.48. The molecule has 1 atom stereocenters. The lowest BCUT2D eigenvalue weighted by atomic mass is 10.1. The highest BCUT2D eigenvalue weighted by Gasteiger charge is 2.24. The van der Waals surface area contributed by atoms with Gasteiger partial charge in [0, 0.05) is 12.6 Å². The lowest BCUT2D eigenvalue weighted by Crippen LogP contribution is -2.31. The minimum atomic E-state index is -3.83. The number of hydrogen-bond donors (Lipinski definition) is 2. The molecule has 0 aliphatic carbocycles. The van der Waals surface area contributed by atoms with Gasteiger partial charge in [-0.3, -0.25) is 9.10 Å². The van der Waals surface area contributed by atoms with E-state index in [4.69, 9.17) is 11.6 Å². The summed E-state index contributed by atoms with van der Waals surface area (Å²) in [5.74, 6) is -0.320. The van der Waals surface area contributed by atoms with Gasteiger partial charge in [-0.25, -0.2) is 8.42 Å². The van der Waals surface area contributed by atoms with Crippen molar-refractivity contribution in [3.8, 4) is 0 Å². The molecule has 0 aliphatic rings. The summed E-state index contributed by atoms with van der Waals surface area (Å²) in [5.41, 5.74) is 1.87. The summed E-state index contributed by atoms with van der Waals surface area (Å²) in [6.45, 7) is 4.04. The van der Waals surface area contributed by atoms with Gasteiger partial charge < -0.3 is 10.6 Å². The van der Waals surface area contributed by atoms with Gasteiger partial charge in [0.15, 0.2) is 0 Å². The van der Waals surface area contributed by atoms with Crippen molar-refractivity contribution in [3.63, 3.8) is 0 Å². The van der Waals surface area contributed by atoms with E-state index < -0.39 is 10.0 Å². The molecule has 3 aromatic carbocycles. The van der Waals surface area contributed by atoms with Crippen molar-refractivity contribution in [2.24, 2.45) is 0 Å².